The fourth-order valence-electron chi connectivity index (χ4n) is 2.15. The number of nitrogens with one attached hydrogen (secondary N) is 2. The molecule has 0 bridgehead atoms. The first kappa shape index (κ1) is 17.3. The molecule has 0 fully saturated rings. The minimum atomic E-state index is -0.0842. The number of pyridine rings is 1. The molecule has 122 valence electrons. The fourth-order valence-corrected chi connectivity index (χ4v) is 2.32. The highest BCUT2D eigenvalue weighted by molar-refractivity contribution is 6.30. The van der Waals surface area contributed by atoms with Gasteiger partial charge in [0, 0.05) is 23.5 Å². The number of hydrogen-bond acceptors (Lipinski definition) is 3. The van der Waals surface area contributed by atoms with Crippen LogP contribution in [0.1, 0.15) is 42.1 Å². The number of unbranched alkanes of at least 4 members (excludes halogenated alkanes) is 2. The largest absolute Gasteiger partial charge is 0.352 e. The van der Waals surface area contributed by atoms with Gasteiger partial charge in [0.1, 0.15) is 5.82 Å². The fraction of sp³-hybridized carbons (Fsp3) is 0.333. The predicted octanol–water partition coefficient (Wildman–Crippen LogP) is 4.71. The molecule has 0 radical (unpaired) electrons. The van der Waals surface area contributed by atoms with E-state index in [1.165, 1.54) is 0 Å². The SMILES string of the molecule is CCCCCNC(=O)c1ccc(Nc2cc(Cl)ccc2C)nc1. The van der Waals surface area contributed by atoms with Crippen LogP contribution in [0.25, 0.3) is 0 Å². The molecule has 0 aliphatic heterocycles. The second-order valence-electron chi connectivity index (χ2n) is 5.48. The summed E-state index contributed by atoms with van der Waals surface area (Å²) in [6.07, 6.45) is 4.85. The molecule has 0 aliphatic carbocycles. The number of rotatable bonds is 7. The third-order valence-electron chi connectivity index (χ3n) is 3.55. The lowest BCUT2D eigenvalue weighted by molar-refractivity contribution is 0.0952. The maximum Gasteiger partial charge on any atom is 0.252 e. The van der Waals surface area contributed by atoms with Crippen molar-refractivity contribution in [1.29, 1.82) is 0 Å². The van der Waals surface area contributed by atoms with E-state index in [1.807, 2.05) is 25.1 Å². The number of carbonyl (C=O) groups is 1. The van der Waals surface area contributed by atoms with Gasteiger partial charge in [-0.05, 0) is 43.2 Å². The third kappa shape index (κ3) is 5.25. The molecule has 0 saturated heterocycles. The zero-order chi connectivity index (χ0) is 16.7. The molecule has 0 saturated carbocycles. The van der Waals surface area contributed by atoms with Crippen LogP contribution in [0.5, 0.6) is 0 Å². The molecular formula is C18H22ClN3O. The molecular weight excluding hydrogens is 310 g/mol. The maximum absolute atomic E-state index is 12.0. The van der Waals surface area contributed by atoms with Crippen molar-refractivity contribution in [1.82, 2.24) is 10.3 Å². The van der Waals surface area contributed by atoms with Gasteiger partial charge >= 0.3 is 0 Å². The summed E-state index contributed by atoms with van der Waals surface area (Å²) in [5, 5.41) is 6.78. The Labute approximate surface area is 142 Å². The highest BCUT2D eigenvalue weighted by atomic mass is 35.5. The lowest BCUT2D eigenvalue weighted by Gasteiger charge is -2.10. The molecule has 0 aliphatic rings. The average molecular weight is 332 g/mol. The monoisotopic (exact) mass is 331 g/mol. The molecule has 2 aromatic rings. The Hall–Kier alpha value is -2.07. The van der Waals surface area contributed by atoms with Crippen molar-refractivity contribution in [2.24, 2.45) is 0 Å². The maximum atomic E-state index is 12.0. The smallest absolute Gasteiger partial charge is 0.252 e. The summed E-state index contributed by atoms with van der Waals surface area (Å²) < 4.78 is 0. The van der Waals surface area contributed by atoms with Crippen LogP contribution in [-0.4, -0.2) is 17.4 Å². The number of amides is 1. The number of hydrogen-bond donors (Lipinski definition) is 2. The van der Waals surface area contributed by atoms with Crippen molar-refractivity contribution in [3.63, 3.8) is 0 Å². The highest BCUT2D eigenvalue weighted by Gasteiger charge is 2.06. The van der Waals surface area contributed by atoms with Crippen molar-refractivity contribution in [3.05, 3.63) is 52.7 Å². The van der Waals surface area contributed by atoms with Gasteiger partial charge in [-0.15, -0.1) is 0 Å². The second-order valence-corrected chi connectivity index (χ2v) is 5.92. The van der Waals surface area contributed by atoms with E-state index in [1.54, 1.807) is 18.3 Å². The first-order valence-electron chi connectivity index (χ1n) is 7.87. The predicted molar refractivity (Wildman–Crippen MR) is 95.6 cm³/mol. The lowest BCUT2D eigenvalue weighted by atomic mass is 10.2. The molecule has 0 atom stereocenters. The molecule has 1 aromatic heterocycles. The van der Waals surface area contributed by atoms with E-state index < -0.39 is 0 Å². The Bertz CT molecular complexity index is 656. The normalized spacial score (nSPS) is 10.4. The van der Waals surface area contributed by atoms with Crippen LogP contribution < -0.4 is 10.6 Å². The lowest BCUT2D eigenvalue weighted by Crippen LogP contribution is -2.24. The van der Waals surface area contributed by atoms with E-state index in [-0.39, 0.29) is 5.91 Å². The highest BCUT2D eigenvalue weighted by Crippen LogP contribution is 2.23. The summed E-state index contributed by atoms with van der Waals surface area (Å²) in [5.41, 5.74) is 2.55. The molecule has 0 unspecified atom stereocenters. The molecule has 0 spiro atoms. The second kappa shape index (κ2) is 8.53. The Morgan fingerprint density at radius 3 is 2.74 bits per heavy atom. The van der Waals surface area contributed by atoms with Crippen LogP contribution >= 0.6 is 11.6 Å². The molecule has 1 amide bonds. The summed E-state index contributed by atoms with van der Waals surface area (Å²) in [7, 11) is 0. The van der Waals surface area contributed by atoms with E-state index in [2.05, 4.69) is 22.5 Å². The minimum Gasteiger partial charge on any atom is -0.352 e. The standard InChI is InChI=1S/C18H22ClN3O/c1-3-4-5-10-20-18(23)14-7-9-17(21-12-14)22-16-11-15(19)8-6-13(16)2/h6-9,11-12H,3-5,10H2,1-2H3,(H,20,23)(H,21,22). The Morgan fingerprint density at radius 1 is 1.22 bits per heavy atom. The molecule has 23 heavy (non-hydrogen) atoms. The molecule has 5 heteroatoms. The summed E-state index contributed by atoms with van der Waals surface area (Å²) in [5.74, 6) is 0.594. The summed E-state index contributed by atoms with van der Waals surface area (Å²) in [4.78, 5) is 16.3. The third-order valence-corrected chi connectivity index (χ3v) is 3.79. The van der Waals surface area contributed by atoms with Crippen LogP contribution in [0.15, 0.2) is 36.5 Å². The topological polar surface area (TPSA) is 54.0 Å². The number of carbonyl (C=O) groups excluding carboxylic acids is 1. The van der Waals surface area contributed by atoms with Crippen molar-refractivity contribution in [2.45, 2.75) is 33.1 Å². The van der Waals surface area contributed by atoms with Crippen molar-refractivity contribution in [3.8, 4) is 0 Å². The first-order valence-corrected chi connectivity index (χ1v) is 8.25. The summed E-state index contributed by atoms with van der Waals surface area (Å²) in [6.45, 7) is 4.84. The van der Waals surface area contributed by atoms with Crippen LogP contribution in [0, 0.1) is 6.92 Å². The van der Waals surface area contributed by atoms with Crippen molar-refractivity contribution in [2.75, 3.05) is 11.9 Å². The minimum absolute atomic E-state index is 0.0842. The van der Waals surface area contributed by atoms with Crippen LogP contribution in [0.2, 0.25) is 5.02 Å². The zero-order valence-corrected chi connectivity index (χ0v) is 14.3. The van der Waals surface area contributed by atoms with Crippen LogP contribution in [0.3, 0.4) is 0 Å². The molecule has 4 nitrogen and oxygen atoms in total. The van der Waals surface area contributed by atoms with E-state index in [0.29, 0.717) is 22.9 Å². The van der Waals surface area contributed by atoms with E-state index in [4.69, 9.17) is 11.6 Å². The van der Waals surface area contributed by atoms with E-state index in [0.717, 1.165) is 30.5 Å². The van der Waals surface area contributed by atoms with Crippen LogP contribution in [-0.2, 0) is 0 Å². The van der Waals surface area contributed by atoms with Gasteiger partial charge in [-0.25, -0.2) is 4.98 Å². The van der Waals surface area contributed by atoms with Crippen molar-refractivity contribution >= 4 is 29.0 Å². The molecule has 1 heterocycles. The van der Waals surface area contributed by atoms with Gasteiger partial charge in [0.15, 0.2) is 0 Å². The Kier molecular flexibility index (Phi) is 6.41. The number of aryl methyl sites for hydroxylation is 1. The van der Waals surface area contributed by atoms with Gasteiger partial charge in [-0.2, -0.15) is 0 Å². The van der Waals surface area contributed by atoms with Gasteiger partial charge in [0.2, 0.25) is 0 Å². The number of aromatic nitrogens is 1. The van der Waals surface area contributed by atoms with Crippen LogP contribution in [0.4, 0.5) is 11.5 Å². The van der Waals surface area contributed by atoms with Crippen molar-refractivity contribution < 1.29 is 4.79 Å². The molecule has 2 rings (SSSR count). The Balaban J connectivity index is 1.96. The van der Waals surface area contributed by atoms with Gasteiger partial charge < -0.3 is 10.6 Å². The van der Waals surface area contributed by atoms with Gasteiger partial charge in [-0.3, -0.25) is 4.79 Å². The van der Waals surface area contributed by atoms with Gasteiger partial charge in [0.25, 0.3) is 5.91 Å². The summed E-state index contributed by atoms with van der Waals surface area (Å²) >= 11 is 6.01. The summed E-state index contributed by atoms with van der Waals surface area (Å²) in [6, 6.07) is 9.21. The van der Waals surface area contributed by atoms with Gasteiger partial charge in [0.05, 0.1) is 5.56 Å². The van der Waals surface area contributed by atoms with E-state index >= 15 is 0 Å². The number of halogens is 1. The molecule has 2 N–H and O–H groups in total. The number of benzene rings is 1. The van der Waals surface area contributed by atoms with E-state index in [9.17, 15) is 4.79 Å². The Morgan fingerprint density at radius 2 is 2.04 bits per heavy atom. The average Bonchev–Trinajstić information content (AvgIpc) is 2.55. The first-order chi connectivity index (χ1) is 11.1. The zero-order valence-electron chi connectivity index (χ0n) is 13.5. The van der Waals surface area contributed by atoms with Gasteiger partial charge in [-0.1, -0.05) is 37.4 Å². The number of nitrogens with zero attached hydrogens (tertiary/aromatic N) is 1. The molecule has 1 aromatic carbocycles. The quantitative estimate of drug-likeness (QED) is 0.722. The number of anilines is 2.